The lowest BCUT2D eigenvalue weighted by atomic mass is 10.4. The van der Waals surface area contributed by atoms with Crippen molar-refractivity contribution in [3.63, 3.8) is 0 Å². The normalized spacial score (nSPS) is 22.5. The Morgan fingerprint density at radius 3 is 2.31 bits per heavy atom. The average Bonchev–Trinajstić information content (AvgIpc) is 2.28. The van der Waals surface area contributed by atoms with Crippen LogP contribution in [0.2, 0.25) is 0 Å². The second kappa shape index (κ2) is 4.09. The van der Waals surface area contributed by atoms with Crippen LogP contribution in [0.25, 0.3) is 0 Å². The number of aliphatic hydroxyl groups excluding tert-OH is 2. The summed E-state index contributed by atoms with van der Waals surface area (Å²) in [4.78, 5) is 11.3. The Morgan fingerprint density at radius 2 is 2.00 bits per heavy atom. The summed E-state index contributed by atoms with van der Waals surface area (Å²) in [5.41, 5.74) is 2.36. The minimum Gasteiger partial charge on any atom is -0.767 e. The number of amides is 1. The first-order chi connectivity index (χ1) is 6.14. The SMILES string of the molecule is O=C1CN([O-])N[N+]1(CCO)CCO. The number of rotatable bonds is 4. The van der Waals surface area contributed by atoms with Crippen molar-refractivity contribution in [3.8, 4) is 0 Å². The Kier molecular flexibility index (Phi) is 3.31. The zero-order valence-corrected chi connectivity index (χ0v) is 7.14. The van der Waals surface area contributed by atoms with E-state index in [1.54, 1.807) is 0 Å². The molecule has 0 saturated carbocycles. The van der Waals surface area contributed by atoms with Crippen molar-refractivity contribution >= 4 is 5.91 Å². The van der Waals surface area contributed by atoms with E-state index in [9.17, 15) is 10.0 Å². The Labute approximate surface area is 75.3 Å². The van der Waals surface area contributed by atoms with Gasteiger partial charge in [0, 0.05) is 0 Å². The fourth-order valence-corrected chi connectivity index (χ4v) is 1.37. The average molecular weight is 191 g/mol. The lowest BCUT2D eigenvalue weighted by molar-refractivity contribution is -0.901. The van der Waals surface area contributed by atoms with Crippen LogP contribution in [0.15, 0.2) is 0 Å². The number of quaternary nitrogens is 1. The topological polar surface area (TPSA) is 95.9 Å². The molecule has 0 unspecified atom stereocenters. The maximum atomic E-state index is 11.3. The van der Waals surface area contributed by atoms with E-state index < -0.39 is 0 Å². The molecule has 76 valence electrons. The van der Waals surface area contributed by atoms with Crippen molar-refractivity contribution in [2.24, 2.45) is 0 Å². The highest BCUT2D eigenvalue weighted by molar-refractivity contribution is 5.72. The molecular weight excluding hydrogens is 178 g/mol. The molecule has 1 amide bonds. The third kappa shape index (κ3) is 2.02. The smallest absolute Gasteiger partial charge is 0.348 e. The summed E-state index contributed by atoms with van der Waals surface area (Å²) in [6, 6.07) is 0. The minimum absolute atomic E-state index is 0.0954. The second-order valence-corrected chi connectivity index (χ2v) is 2.89. The highest BCUT2D eigenvalue weighted by Crippen LogP contribution is 2.10. The molecule has 7 nitrogen and oxygen atoms in total. The Bertz CT molecular complexity index is 192. The van der Waals surface area contributed by atoms with Crippen LogP contribution in [0, 0.1) is 5.21 Å². The molecule has 7 heteroatoms. The van der Waals surface area contributed by atoms with Gasteiger partial charge in [0.25, 0.3) is 0 Å². The van der Waals surface area contributed by atoms with Crippen molar-refractivity contribution in [2.45, 2.75) is 0 Å². The third-order valence-electron chi connectivity index (χ3n) is 2.02. The number of nitrogens with one attached hydrogen (secondary N) is 1. The Hall–Kier alpha value is -0.570. The van der Waals surface area contributed by atoms with Crippen LogP contribution in [0.4, 0.5) is 0 Å². The fourth-order valence-electron chi connectivity index (χ4n) is 1.37. The summed E-state index contributed by atoms with van der Waals surface area (Å²) in [5, 5.41) is 28.7. The van der Waals surface area contributed by atoms with E-state index in [-0.39, 0.29) is 43.3 Å². The summed E-state index contributed by atoms with van der Waals surface area (Å²) in [5.74, 6) is -0.335. The molecule has 3 N–H and O–H groups in total. The maximum Gasteiger partial charge on any atom is 0.348 e. The highest BCUT2D eigenvalue weighted by Gasteiger charge is 2.42. The van der Waals surface area contributed by atoms with Crippen LogP contribution >= 0.6 is 0 Å². The van der Waals surface area contributed by atoms with Gasteiger partial charge in [-0.1, -0.05) is 0 Å². The van der Waals surface area contributed by atoms with Gasteiger partial charge >= 0.3 is 5.91 Å². The zero-order valence-electron chi connectivity index (χ0n) is 7.14. The molecule has 0 aromatic heterocycles. The fraction of sp³-hybridized carbons (Fsp3) is 0.833. The van der Waals surface area contributed by atoms with E-state index in [1.807, 2.05) is 0 Å². The second-order valence-electron chi connectivity index (χ2n) is 2.89. The molecule has 1 rings (SSSR count). The lowest BCUT2D eigenvalue weighted by Crippen LogP contribution is -2.60. The van der Waals surface area contributed by atoms with Gasteiger partial charge in [-0.05, 0) is 0 Å². The molecule has 0 spiro atoms. The predicted octanol–water partition coefficient (Wildman–Crippen LogP) is -2.45. The predicted molar refractivity (Wildman–Crippen MR) is 42.4 cm³/mol. The standard InChI is InChI=1S/C6H13N3O4/c10-3-1-9(2-4-11)6(12)5-8(13)7-9/h7,10-11H,1-5H2. The monoisotopic (exact) mass is 191 g/mol. The molecule has 1 heterocycles. The number of hydroxylamine groups is 1. The number of hydrogen-bond donors (Lipinski definition) is 3. The van der Waals surface area contributed by atoms with Crippen molar-refractivity contribution in [1.29, 1.82) is 0 Å². The van der Waals surface area contributed by atoms with Gasteiger partial charge in [0.2, 0.25) is 0 Å². The van der Waals surface area contributed by atoms with Crippen molar-refractivity contribution < 1.29 is 19.6 Å². The first kappa shape index (κ1) is 10.5. The lowest BCUT2D eigenvalue weighted by Gasteiger charge is -2.31. The van der Waals surface area contributed by atoms with Gasteiger partial charge in [0.15, 0.2) is 0 Å². The van der Waals surface area contributed by atoms with E-state index in [1.165, 1.54) is 0 Å². The molecule has 13 heavy (non-hydrogen) atoms. The van der Waals surface area contributed by atoms with E-state index in [0.29, 0.717) is 5.17 Å². The van der Waals surface area contributed by atoms with Crippen LogP contribution in [0.3, 0.4) is 0 Å². The molecule has 1 aliphatic heterocycles. The van der Waals surface area contributed by atoms with E-state index in [4.69, 9.17) is 10.2 Å². The number of carbonyl (C=O) groups excluding carboxylic acids is 1. The van der Waals surface area contributed by atoms with Crippen molar-refractivity contribution in [3.05, 3.63) is 5.21 Å². The van der Waals surface area contributed by atoms with Crippen LogP contribution in [-0.4, -0.2) is 58.7 Å². The maximum absolute atomic E-state index is 11.3. The summed E-state index contributed by atoms with van der Waals surface area (Å²) < 4.78 is -0.365. The van der Waals surface area contributed by atoms with Crippen molar-refractivity contribution in [1.82, 2.24) is 10.7 Å². The van der Waals surface area contributed by atoms with E-state index in [0.717, 1.165) is 0 Å². The van der Waals surface area contributed by atoms with E-state index >= 15 is 0 Å². The number of hydrogen-bond acceptors (Lipinski definition) is 6. The molecule has 1 aliphatic rings. The third-order valence-corrected chi connectivity index (χ3v) is 2.02. The summed E-state index contributed by atoms with van der Waals surface area (Å²) in [6.07, 6.45) is 0. The van der Waals surface area contributed by atoms with Gasteiger partial charge < -0.3 is 15.4 Å². The number of hydrazine groups is 1. The van der Waals surface area contributed by atoms with Gasteiger partial charge in [-0.25, -0.2) is 4.79 Å². The van der Waals surface area contributed by atoms with Crippen LogP contribution < -0.4 is 5.53 Å². The molecule has 0 atom stereocenters. The Morgan fingerprint density at radius 1 is 1.46 bits per heavy atom. The summed E-state index contributed by atoms with van der Waals surface area (Å²) >= 11 is 0. The number of nitrogens with zero attached hydrogens (tertiary/aromatic N) is 2. The molecule has 0 bridgehead atoms. The number of aliphatic hydroxyl groups is 2. The molecule has 0 aliphatic carbocycles. The first-order valence-electron chi connectivity index (χ1n) is 3.99. The Balaban J connectivity index is 2.71. The van der Waals surface area contributed by atoms with Crippen LogP contribution in [0.5, 0.6) is 0 Å². The number of carbonyl (C=O) groups is 1. The summed E-state index contributed by atoms with van der Waals surface area (Å²) in [6.45, 7) is -0.491. The van der Waals surface area contributed by atoms with Gasteiger partial charge in [-0.2, -0.15) is 4.59 Å². The van der Waals surface area contributed by atoms with Crippen molar-refractivity contribution in [2.75, 3.05) is 32.8 Å². The molecular formula is C6H13N3O4. The van der Waals surface area contributed by atoms with Crippen LogP contribution in [-0.2, 0) is 4.79 Å². The van der Waals surface area contributed by atoms with Crippen LogP contribution in [0.1, 0.15) is 0 Å². The molecule has 1 fully saturated rings. The van der Waals surface area contributed by atoms with Gasteiger partial charge in [-0.15, -0.1) is 5.53 Å². The summed E-state index contributed by atoms with van der Waals surface area (Å²) in [7, 11) is 0. The highest BCUT2D eigenvalue weighted by atomic mass is 16.6. The van der Waals surface area contributed by atoms with E-state index in [2.05, 4.69) is 5.53 Å². The largest absolute Gasteiger partial charge is 0.767 e. The molecule has 1 saturated heterocycles. The quantitative estimate of drug-likeness (QED) is 0.427. The van der Waals surface area contributed by atoms with Gasteiger partial charge in [0.05, 0.1) is 13.2 Å². The van der Waals surface area contributed by atoms with Gasteiger partial charge in [0.1, 0.15) is 19.6 Å². The minimum atomic E-state index is -0.365. The first-order valence-corrected chi connectivity index (χ1v) is 3.99. The molecule has 0 aromatic rings. The zero-order chi connectivity index (χ0) is 9.90. The van der Waals surface area contributed by atoms with Gasteiger partial charge in [-0.3, -0.25) is 5.17 Å². The molecule has 0 aromatic carbocycles. The molecule has 0 radical (unpaired) electrons.